The topological polar surface area (TPSA) is 17.1 Å². The van der Waals surface area contributed by atoms with Crippen molar-refractivity contribution in [3.05, 3.63) is 0 Å². The number of carbonyl (C=O) groups is 1. The van der Waals surface area contributed by atoms with Gasteiger partial charge in [0.05, 0.1) is 0 Å². The monoisotopic (exact) mass is 220 g/mol. The smallest absolute Gasteiger partial charge is 0.139 e. The second kappa shape index (κ2) is 2.91. The molecule has 0 amide bonds. The summed E-state index contributed by atoms with van der Waals surface area (Å²) in [5.74, 6) is 1.23. The number of fused-ring (bicyclic) bond motifs is 1. The SMILES string of the molecule is CC1(C)C(=O)C[C@@]23CCC[C@@](C)(CC[C@H]12)C3. The Bertz CT molecular complexity index is 343. The molecule has 16 heavy (non-hydrogen) atoms. The third kappa shape index (κ3) is 1.21. The van der Waals surface area contributed by atoms with Crippen LogP contribution in [0.4, 0.5) is 0 Å². The molecule has 0 aliphatic heterocycles. The molecular weight excluding hydrogens is 196 g/mol. The van der Waals surface area contributed by atoms with Gasteiger partial charge in [-0.1, -0.05) is 27.2 Å². The molecule has 0 radical (unpaired) electrons. The van der Waals surface area contributed by atoms with Gasteiger partial charge in [0.25, 0.3) is 0 Å². The van der Waals surface area contributed by atoms with Gasteiger partial charge in [0, 0.05) is 11.8 Å². The van der Waals surface area contributed by atoms with E-state index in [2.05, 4.69) is 20.8 Å². The van der Waals surface area contributed by atoms with Gasteiger partial charge in [0.15, 0.2) is 0 Å². The first-order chi connectivity index (χ1) is 7.38. The summed E-state index contributed by atoms with van der Waals surface area (Å²) in [5, 5.41) is 0. The zero-order valence-electron chi connectivity index (χ0n) is 10.9. The first-order valence-electron chi connectivity index (χ1n) is 6.91. The number of Topliss-reactive ketones (excluding diaryl/α,β-unsaturated/α-hetero) is 1. The Morgan fingerprint density at radius 3 is 2.62 bits per heavy atom. The minimum Gasteiger partial charge on any atom is -0.299 e. The predicted octanol–water partition coefficient (Wildman–Crippen LogP) is 3.96. The summed E-state index contributed by atoms with van der Waals surface area (Å²) in [6, 6.07) is 0. The van der Waals surface area contributed by atoms with Crippen molar-refractivity contribution in [1.82, 2.24) is 0 Å². The number of rotatable bonds is 0. The van der Waals surface area contributed by atoms with E-state index < -0.39 is 0 Å². The molecule has 0 unspecified atom stereocenters. The maximum Gasteiger partial charge on any atom is 0.139 e. The fraction of sp³-hybridized carbons (Fsp3) is 0.933. The summed E-state index contributed by atoms with van der Waals surface area (Å²) >= 11 is 0. The molecule has 1 heteroatoms. The molecule has 0 aromatic heterocycles. The quantitative estimate of drug-likeness (QED) is 0.604. The molecule has 2 bridgehead atoms. The third-order valence-electron chi connectivity index (χ3n) is 6.11. The van der Waals surface area contributed by atoms with Crippen molar-refractivity contribution in [2.75, 3.05) is 0 Å². The summed E-state index contributed by atoms with van der Waals surface area (Å²) in [6.07, 6.45) is 8.96. The molecule has 3 atom stereocenters. The maximum absolute atomic E-state index is 12.3. The van der Waals surface area contributed by atoms with Crippen molar-refractivity contribution < 1.29 is 4.79 Å². The average molecular weight is 220 g/mol. The molecule has 0 N–H and O–H groups in total. The van der Waals surface area contributed by atoms with Gasteiger partial charge in [-0.2, -0.15) is 0 Å². The van der Waals surface area contributed by atoms with Gasteiger partial charge in [-0.25, -0.2) is 0 Å². The molecule has 3 aliphatic carbocycles. The molecule has 90 valence electrons. The normalized spacial score (nSPS) is 50.2. The van der Waals surface area contributed by atoms with Crippen LogP contribution in [0.5, 0.6) is 0 Å². The van der Waals surface area contributed by atoms with E-state index in [1.54, 1.807) is 0 Å². The van der Waals surface area contributed by atoms with Gasteiger partial charge in [0.1, 0.15) is 5.78 Å². The fourth-order valence-corrected chi connectivity index (χ4v) is 5.35. The zero-order chi connectivity index (χ0) is 11.6. The van der Waals surface area contributed by atoms with Crippen LogP contribution in [-0.4, -0.2) is 5.78 Å². The number of hydrogen-bond donors (Lipinski definition) is 0. The van der Waals surface area contributed by atoms with Gasteiger partial charge in [-0.15, -0.1) is 0 Å². The second-order valence-corrected chi connectivity index (χ2v) is 7.62. The van der Waals surface area contributed by atoms with Crippen LogP contribution in [0, 0.1) is 22.2 Å². The van der Waals surface area contributed by atoms with Crippen LogP contribution in [0.3, 0.4) is 0 Å². The maximum atomic E-state index is 12.3. The van der Waals surface area contributed by atoms with E-state index in [0.29, 0.717) is 22.5 Å². The Kier molecular flexibility index (Phi) is 1.97. The largest absolute Gasteiger partial charge is 0.299 e. The van der Waals surface area contributed by atoms with Crippen molar-refractivity contribution in [2.45, 2.75) is 65.7 Å². The van der Waals surface area contributed by atoms with Gasteiger partial charge < -0.3 is 0 Å². The van der Waals surface area contributed by atoms with E-state index in [1.807, 2.05) is 0 Å². The molecule has 0 heterocycles. The summed E-state index contributed by atoms with van der Waals surface area (Å²) in [7, 11) is 0. The number of hydrogen-bond acceptors (Lipinski definition) is 1. The van der Waals surface area contributed by atoms with Gasteiger partial charge in [-0.05, 0) is 48.9 Å². The van der Waals surface area contributed by atoms with E-state index in [4.69, 9.17) is 0 Å². The first-order valence-corrected chi connectivity index (χ1v) is 6.91. The minimum atomic E-state index is -0.0291. The van der Waals surface area contributed by atoms with Crippen LogP contribution in [-0.2, 0) is 4.79 Å². The standard InChI is InChI=1S/C15H24O/c1-13(2)11-5-8-14(3)6-4-7-15(11,10-14)9-12(13)16/h11H,4-10H2,1-3H3/t11-,14+,15-/m1/s1. The molecular formula is C15H24O. The van der Waals surface area contributed by atoms with Crippen LogP contribution >= 0.6 is 0 Å². The van der Waals surface area contributed by atoms with E-state index in [9.17, 15) is 4.79 Å². The van der Waals surface area contributed by atoms with Crippen LogP contribution in [0.1, 0.15) is 65.7 Å². The van der Waals surface area contributed by atoms with Crippen LogP contribution in [0.25, 0.3) is 0 Å². The van der Waals surface area contributed by atoms with Crippen LogP contribution < -0.4 is 0 Å². The van der Waals surface area contributed by atoms with Crippen LogP contribution in [0.2, 0.25) is 0 Å². The lowest BCUT2D eigenvalue weighted by atomic mass is 9.50. The molecule has 1 spiro atoms. The van der Waals surface area contributed by atoms with E-state index >= 15 is 0 Å². The van der Waals surface area contributed by atoms with E-state index in [0.717, 1.165) is 6.42 Å². The molecule has 3 aliphatic rings. The molecule has 0 aromatic rings. The first kappa shape index (κ1) is 10.8. The van der Waals surface area contributed by atoms with Crippen molar-refractivity contribution in [2.24, 2.45) is 22.2 Å². The van der Waals surface area contributed by atoms with Crippen molar-refractivity contribution >= 4 is 5.78 Å². The van der Waals surface area contributed by atoms with Crippen molar-refractivity contribution in [3.8, 4) is 0 Å². The molecule has 3 saturated carbocycles. The summed E-state index contributed by atoms with van der Waals surface area (Å²) in [6.45, 7) is 6.86. The predicted molar refractivity (Wildman–Crippen MR) is 65.1 cm³/mol. The Balaban J connectivity index is 2.01. The summed E-state index contributed by atoms with van der Waals surface area (Å²) in [4.78, 5) is 12.3. The Morgan fingerprint density at radius 1 is 1.12 bits per heavy atom. The third-order valence-corrected chi connectivity index (χ3v) is 6.11. The van der Waals surface area contributed by atoms with Crippen LogP contribution in [0.15, 0.2) is 0 Å². The Labute approximate surface area is 99.0 Å². The molecule has 1 nitrogen and oxygen atoms in total. The lowest BCUT2D eigenvalue weighted by Gasteiger charge is -2.54. The summed E-state index contributed by atoms with van der Waals surface area (Å²) in [5.41, 5.74) is 0.944. The minimum absolute atomic E-state index is 0.0291. The zero-order valence-corrected chi connectivity index (χ0v) is 10.9. The number of carbonyl (C=O) groups excluding carboxylic acids is 1. The highest BCUT2D eigenvalue weighted by Gasteiger charge is 2.61. The molecule has 3 fully saturated rings. The Hall–Kier alpha value is -0.330. The van der Waals surface area contributed by atoms with E-state index in [-0.39, 0.29) is 5.41 Å². The highest BCUT2D eigenvalue weighted by atomic mass is 16.1. The second-order valence-electron chi connectivity index (χ2n) is 7.62. The van der Waals surface area contributed by atoms with Gasteiger partial charge in [-0.3, -0.25) is 4.79 Å². The van der Waals surface area contributed by atoms with Crippen molar-refractivity contribution in [1.29, 1.82) is 0 Å². The van der Waals surface area contributed by atoms with Crippen molar-refractivity contribution in [3.63, 3.8) is 0 Å². The average Bonchev–Trinajstić information content (AvgIpc) is 2.32. The lowest BCUT2D eigenvalue weighted by Crippen LogP contribution is -2.45. The molecule has 0 saturated heterocycles. The highest BCUT2D eigenvalue weighted by Crippen LogP contribution is 2.67. The van der Waals surface area contributed by atoms with E-state index in [1.165, 1.54) is 38.5 Å². The highest BCUT2D eigenvalue weighted by molar-refractivity contribution is 5.88. The lowest BCUT2D eigenvalue weighted by molar-refractivity contribution is -0.125. The van der Waals surface area contributed by atoms with Gasteiger partial charge in [0.2, 0.25) is 0 Å². The fourth-order valence-electron chi connectivity index (χ4n) is 5.35. The summed E-state index contributed by atoms with van der Waals surface area (Å²) < 4.78 is 0. The van der Waals surface area contributed by atoms with Gasteiger partial charge >= 0.3 is 0 Å². The molecule has 0 aromatic carbocycles. The molecule has 3 rings (SSSR count). The Morgan fingerprint density at radius 2 is 1.88 bits per heavy atom. The number of ketones is 1.